The van der Waals surface area contributed by atoms with Gasteiger partial charge in [0.15, 0.2) is 0 Å². The standard InChI is InChI=1S/C15H23IN2O/c1-4-12-13(16)15(19)18-14(17-12)11-7-5-10(6-8-11)9(2)3/h9-11H,4-8H2,1-3H3,(H,17,18,19). The van der Waals surface area contributed by atoms with Gasteiger partial charge >= 0.3 is 0 Å². The molecule has 1 fully saturated rings. The van der Waals surface area contributed by atoms with Crippen LogP contribution < -0.4 is 5.56 Å². The van der Waals surface area contributed by atoms with Crippen molar-refractivity contribution >= 4 is 22.6 Å². The fourth-order valence-corrected chi connectivity index (χ4v) is 3.65. The van der Waals surface area contributed by atoms with E-state index >= 15 is 0 Å². The molecular formula is C15H23IN2O. The fraction of sp³-hybridized carbons (Fsp3) is 0.733. The molecule has 2 rings (SSSR count). The molecular weight excluding hydrogens is 351 g/mol. The normalized spacial score (nSPS) is 23.8. The van der Waals surface area contributed by atoms with E-state index in [1.54, 1.807) is 0 Å². The van der Waals surface area contributed by atoms with E-state index in [-0.39, 0.29) is 5.56 Å². The Morgan fingerprint density at radius 3 is 2.47 bits per heavy atom. The minimum atomic E-state index is 0.0356. The Hall–Kier alpha value is -0.390. The molecule has 1 aromatic heterocycles. The maximum absolute atomic E-state index is 11.9. The van der Waals surface area contributed by atoms with Crippen LogP contribution in [0.4, 0.5) is 0 Å². The van der Waals surface area contributed by atoms with Gasteiger partial charge in [0.05, 0.1) is 9.26 Å². The second kappa shape index (κ2) is 6.37. The first-order valence-electron chi connectivity index (χ1n) is 7.31. The van der Waals surface area contributed by atoms with Crippen LogP contribution in [0.2, 0.25) is 0 Å². The van der Waals surface area contributed by atoms with E-state index in [1.165, 1.54) is 12.8 Å². The maximum atomic E-state index is 11.9. The van der Waals surface area contributed by atoms with Gasteiger partial charge in [0.25, 0.3) is 5.56 Å². The summed E-state index contributed by atoms with van der Waals surface area (Å²) in [7, 11) is 0. The number of nitrogens with one attached hydrogen (secondary N) is 1. The minimum absolute atomic E-state index is 0.0356. The van der Waals surface area contributed by atoms with E-state index in [4.69, 9.17) is 0 Å². The van der Waals surface area contributed by atoms with Gasteiger partial charge in [-0.3, -0.25) is 4.79 Å². The van der Waals surface area contributed by atoms with Gasteiger partial charge in [-0.05, 0) is 66.5 Å². The topological polar surface area (TPSA) is 45.8 Å². The van der Waals surface area contributed by atoms with Crippen LogP contribution in [0.1, 0.15) is 63.9 Å². The summed E-state index contributed by atoms with van der Waals surface area (Å²) in [6.07, 6.45) is 5.68. The van der Waals surface area contributed by atoms with E-state index in [0.29, 0.717) is 5.92 Å². The Kier molecular flexibility index (Phi) is 5.03. The zero-order valence-corrected chi connectivity index (χ0v) is 14.2. The average molecular weight is 374 g/mol. The molecule has 1 aromatic rings. The molecule has 1 N–H and O–H groups in total. The molecule has 19 heavy (non-hydrogen) atoms. The average Bonchev–Trinajstić information content (AvgIpc) is 2.41. The van der Waals surface area contributed by atoms with Crippen molar-refractivity contribution in [2.24, 2.45) is 11.8 Å². The molecule has 1 aliphatic carbocycles. The molecule has 0 spiro atoms. The number of aryl methyl sites for hydroxylation is 1. The minimum Gasteiger partial charge on any atom is -0.309 e. The number of rotatable bonds is 3. The Morgan fingerprint density at radius 1 is 1.32 bits per heavy atom. The lowest BCUT2D eigenvalue weighted by molar-refractivity contribution is 0.254. The van der Waals surface area contributed by atoms with Crippen molar-refractivity contribution in [2.45, 2.75) is 58.8 Å². The van der Waals surface area contributed by atoms with Gasteiger partial charge in [-0.1, -0.05) is 20.8 Å². The summed E-state index contributed by atoms with van der Waals surface area (Å²) < 4.78 is 0.750. The van der Waals surface area contributed by atoms with Gasteiger partial charge in [0, 0.05) is 5.92 Å². The summed E-state index contributed by atoms with van der Waals surface area (Å²) in [6.45, 7) is 6.68. The van der Waals surface area contributed by atoms with E-state index in [0.717, 1.165) is 46.2 Å². The molecule has 1 heterocycles. The largest absolute Gasteiger partial charge is 0.309 e. The van der Waals surface area contributed by atoms with Gasteiger partial charge in [0.2, 0.25) is 0 Å². The SMILES string of the molecule is CCc1nc(C2CCC(C(C)C)CC2)[nH]c(=O)c1I. The van der Waals surface area contributed by atoms with Crippen LogP contribution >= 0.6 is 22.6 Å². The van der Waals surface area contributed by atoms with Crippen molar-refractivity contribution in [3.63, 3.8) is 0 Å². The molecule has 0 aliphatic heterocycles. The number of nitrogens with zero attached hydrogens (tertiary/aromatic N) is 1. The van der Waals surface area contributed by atoms with Crippen LogP contribution in [0.25, 0.3) is 0 Å². The second-order valence-electron chi connectivity index (χ2n) is 5.92. The first kappa shape index (κ1) is 15.0. The van der Waals surface area contributed by atoms with Crippen molar-refractivity contribution in [3.05, 3.63) is 25.4 Å². The van der Waals surface area contributed by atoms with Crippen LogP contribution in [-0.4, -0.2) is 9.97 Å². The third-order valence-electron chi connectivity index (χ3n) is 4.39. The monoisotopic (exact) mass is 374 g/mol. The highest BCUT2D eigenvalue weighted by atomic mass is 127. The number of aromatic nitrogens is 2. The Labute approximate surface area is 128 Å². The zero-order chi connectivity index (χ0) is 14.0. The number of hydrogen-bond donors (Lipinski definition) is 1. The van der Waals surface area contributed by atoms with Crippen LogP contribution in [0.3, 0.4) is 0 Å². The van der Waals surface area contributed by atoms with Crippen molar-refractivity contribution < 1.29 is 0 Å². The lowest BCUT2D eigenvalue weighted by Gasteiger charge is -2.30. The first-order valence-corrected chi connectivity index (χ1v) is 8.39. The van der Waals surface area contributed by atoms with Crippen LogP contribution in [0.15, 0.2) is 4.79 Å². The molecule has 0 amide bonds. The third-order valence-corrected chi connectivity index (χ3v) is 5.50. The lowest BCUT2D eigenvalue weighted by Crippen LogP contribution is -2.23. The van der Waals surface area contributed by atoms with Gasteiger partial charge in [-0.2, -0.15) is 0 Å². The van der Waals surface area contributed by atoms with Gasteiger partial charge in [-0.15, -0.1) is 0 Å². The molecule has 0 aromatic carbocycles. The molecule has 3 nitrogen and oxygen atoms in total. The zero-order valence-electron chi connectivity index (χ0n) is 12.0. The highest BCUT2D eigenvalue weighted by molar-refractivity contribution is 14.1. The summed E-state index contributed by atoms with van der Waals surface area (Å²) in [5.74, 6) is 2.99. The number of halogens is 1. The molecule has 0 atom stereocenters. The third kappa shape index (κ3) is 3.38. The summed E-state index contributed by atoms with van der Waals surface area (Å²) in [5.41, 5.74) is 0.985. The Bertz CT molecular complexity index is 487. The molecule has 0 bridgehead atoms. The van der Waals surface area contributed by atoms with Gasteiger partial charge in [0.1, 0.15) is 5.82 Å². The maximum Gasteiger partial charge on any atom is 0.264 e. The number of H-pyrrole nitrogens is 1. The highest BCUT2D eigenvalue weighted by Gasteiger charge is 2.26. The van der Waals surface area contributed by atoms with Crippen molar-refractivity contribution in [1.82, 2.24) is 9.97 Å². The summed E-state index contributed by atoms with van der Waals surface area (Å²) in [5, 5.41) is 0. The van der Waals surface area contributed by atoms with Crippen LogP contribution in [-0.2, 0) is 6.42 Å². The van der Waals surface area contributed by atoms with Gasteiger partial charge in [-0.25, -0.2) is 4.98 Å². The van der Waals surface area contributed by atoms with Gasteiger partial charge < -0.3 is 4.98 Å². The number of hydrogen-bond acceptors (Lipinski definition) is 2. The fourth-order valence-electron chi connectivity index (χ4n) is 3.01. The summed E-state index contributed by atoms with van der Waals surface area (Å²) in [6, 6.07) is 0. The number of aromatic amines is 1. The second-order valence-corrected chi connectivity index (χ2v) is 7.00. The highest BCUT2D eigenvalue weighted by Crippen LogP contribution is 2.37. The predicted molar refractivity (Wildman–Crippen MR) is 86.5 cm³/mol. The molecule has 0 saturated heterocycles. The quantitative estimate of drug-likeness (QED) is 0.817. The lowest BCUT2D eigenvalue weighted by atomic mass is 9.77. The molecule has 4 heteroatoms. The van der Waals surface area contributed by atoms with E-state index < -0.39 is 0 Å². The van der Waals surface area contributed by atoms with Crippen LogP contribution in [0, 0.1) is 15.4 Å². The molecule has 1 saturated carbocycles. The van der Waals surface area contributed by atoms with E-state index in [2.05, 4.69) is 53.3 Å². The first-order chi connectivity index (χ1) is 9.02. The predicted octanol–water partition coefficient (Wildman–Crippen LogP) is 3.87. The smallest absolute Gasteiger partial charge is 0.264 e. The van der Waals surface area contributed by atoms with E-state index in [9.17, 15) is 4.79 Å². The summed E-state index contributed by atoms with van der Waals surface area (Å²) >= 11 is 2.10. The molecule has 0 radical (unpaired) electrons. The summed E-state index contributed by atoms with van der Waals surface area (Å²) in [4.78, 5) is 19.6. The van der Waals surface area contributed by atoms with Crippen LogP contribution in [0.5, 0.6) is 0 Å². The van der Waals surface area contributed by atoms with Crippen molar-refractivity contribution in [2.75, 3.05) is 0 Å². The Balaban J connectivity index is 2.16. The van der Waals surface area contributed by atoms with Crippen molar-refractivity contribution in [3.8, 4) is 0 Å². The molecule has 106 valence electrons. The Morgan fingerprint density at radius 2 is 1.95 bits per heavy atom. The molecule has 0 unspecified atom stereocenters. The van der Waals surface area contributed by atoms with Crippen molar-refractivity contribution in [1.29, 1.82) is 0 Å². The van der Waals surface area contributed by atoms with E-state index in [1.807, 2.05) is 0 Å². The molecule has 1 aliphatic rings.